The molecule has 2 amide bonds. The maximum absolute atomic E-state index is 13.1. The van der Waals surface area contributed by atoms with Crippen molar-refractivity contribution in [2.24, 2.45) is 5.10 Å². The molecule has 0 aliphatic carbocycles. The number of anilines is 1. The van der Waals surface area contributed by atoms with Crippen molar-refractivity contribution in [2.45, 2.75) is 6.54 Å². The SMILES string of the molecule is O=C(Cn1cc(/C=N/NC(=O)c2cc3cc(Br)ccc3o2)c2ccccc21)Nc1ccc(F)cc1. The first kappa shape index (κ1) is 22.5. The molecule has 0 fully saturated rings. The summed E-state index contributed by atoms with van der Waals surface area (Å²) in [5.74, 6) is -0.958. The zero-order chi connectivity index (χ0) is 24.4. The summed E-state index contributed by atoms with van der Waals surface area (Å²) in [4.78, 5) is 25.0. The number of benzene rings is 3. The maximum atomic E-state index is 13.1. The molecule has 0 spiro atoms. The minimum Gasteiger partial charge on any atom is -0.451 e. The van der Waals surface area contributed by atoms with Crippen LogP contribution < -0.4 is 10.7 Å². The molecule has 0 radical (unpaired) electrons. The highest BCUT2D eigenvalue weighted by Crippen LogP contribution is 2.23. The van der Waals surface area contributed by atoms with E-state index in [4.69, 9.17) is 4.42 Å². The van der Waals surface area contributed by atoms with Crippen LogP contribution in [0.2, 0.25) is 0 Å². The summed E-state index contributed by atoms with van der Waals surface area (Å²) >= 11 is 3.40. The Morgan fingerprint density at radius 3 is 2.69 bits per heavy atom. The normalized spacial score (nSPS) is 11.4. The van der Waals surface area contributed by atoms with Gasteiger partial charge in [-0.05, 0) is 54.6 Å². The summed E-state index contributed by atoms with van der Waals surface area (Å²) in [6.45, 7) is 0.0482. The van der Waals surface area contributed by atoms with Crippen molar-refractivity contribution in [3.05, 3.63) is 101 Å². The number of fused-ring (bicyclic) bond motifs is 2. The lowest BCUT2D eigenvalue weighted by Gasteiger charge is -2.07. The quantitative estimate of drug-likeness (QED) is 0.217. The van der Waals surface area contributed by atoms with E-state index in [0.717, 1.165) is 26.3 Å². The molecule has 0 aliphatic rings. The number of hydrogen-bond donors (Lipinski definition) is 2. The van der Waals surface area contributed by atoms with Gasteiger partial charge in [-0.3, -0.25) is 9.59 Å². The molecule has 35 heavy (non-hydrogen) atoms. The second kappa shape index (κ2) is 9.55. The smallest absolute Gasteiger partial charge is 0.307 e. The summed E-state index contributed by atoms with van der Waals surface area (Å²) in [6.07, 6.45) is 3.30. The molecule has 0 saturated carbocycles. The van der Waals surface area contributed by atoms with Crippen molar-refractivity contribution in [1.82, 2.24) is 9.99 Å². The summed E-state index contributed by atoms with van der Waals surface area (Å²) in [5.41, 5.74) is 5.15. The van der Waals surface area contributed by atoms with Gasteiger partial charge in [0.1, 0.15) is 17.9 Å². The van der Waals surface area contributed by atoms with E-state index in [0.29, 0.717) is 11.3 Å². The lowest BCUT2D eigenvalue weighted by atomic mass is 10.2. The largest absolute Gasteiger partial charge is 0.451 e. The van der Waals surface area contributed by atoms with Crippen molar-refractivity contribution in [2.75, 3.05) is 5.32 Å². The zero-order valence-electron chi connectivity index (χ0n) is 18.2. The molecule has 3 aromatic carbocycles. The summed E-state index contributed by atoms with van der Waals surface area (Å²) in [7, 11) is 0. The molecule has 0 atom stereocenters. The van der Waals surface area contributed by atoms with Crippen LogP contribution in [0.1, 0.15) is 16.1 Å². The van der Waals surface area contributed by atoms with E-state index in [-0.39, 0.29) is 24.0 Å². The fourth-order valence-electron chi connectivity index (χ4n) is 3.74. The average Bonchev–Trinajstić information content (AvgIpc) is 3.42. The summed E-state index contributed by atoms with van der Waals surface area (Å²) in [5, 5.41) is 8.50. The van der Waals surface area contributed by atoms with Crippen LogP contribution in [0.3, 0.4) is 0 Å². The molecule has 0 saturated heterocycles. The minimum atomic E-state index is -0.476. The van der Waals surface area contributed by atoms with E-state index in [1.165, 1.54) is 30.5 Å². The summed E-state index contributed by atoms with van der Waals surface area (Å²) < 4.78 is 21.4. The van der Waals surface area contributed by atoms with E-state index in [1.807, 2.05) is 36.4 Å². The second-order valence-electron chi connectivity index (χ2n) is 7.78. The van der Waals surface area contributed by atoms with Crippen LogP contribution in [0, 0.1) is 5.82 Å². The monoisotopic (exact) mass is 532 g/mol. The number of nitrogens with one attached hydrogen (secondary N) is 2. The van der Waals surface area contributed by atoms with Crippen molar-refractivity contribution >= 4 is 61.5 Å². The molecule has 0 bridgehead atoms. The number of nitrogens with zero attached hydrogens (tertiary/aromatic N) is 2. The first-order valence-electron chi connectivity index (χ1n) is 10.6. The molecule has 5 aromatic rings. The second-order valence-corrected chi connectivity index (χ2v) is 8.69. The van der Waals surface area contributed by atoms with E-state index in [2.05, 4.69) is 31.8 Å². The Labute approximate surface area is 207 Å². The van der Waals surface area contributed by atoms with Crippen LogP contribution in [0.15, 0.2) is 93.0 Å². The number of hydrazone groups is 1. The molecule has 174 valence electrons. The Balaban J connectivity index is 1.31. The number of carbonyl (C=O) groups is 2. The van der Waals surface area contributed by atoms with Crippen LogP contribution in [0.5, 0.6) is 0 Å². The van der Waals surface area contributed by atoms with Gasteiger partial charge in [0.15, 0.2) is 5.76 Å². The Kier molecular flexibility index (Phi) is 6.15. The molecule has 9 heteroatoms. The molecule has 2 N–H and O–H groups in total. The third kappa shape index (κ3) is 4.99. The number of hydrogen-bond acceptors (Lipinski definition) is 4. The Hall–Kier alpha value is -4.24. The average molecular weight is 533 g/mol. The topological polar surface area (TPSA) is 88.6 Å². The van der Waals surface area contributed by atoms with Crippen LogP contribution in [-0.2, 0) is 11.3 Å². The predicted molar refractivity (Wildman–Crippen MR) is 136 cm³/mol. The highest BCUT2D eigenvalue weighted by Gasteiger charge is 2.13. The van der Waals surface area contributed by atoms with Gasteiger partial charge in [-0.15, -0.1) is 0 Å². The number of furan rings is 1. The fraction of sp³-hybridized carbons (Fsp3) is 0.0385. The molecule has 7 nitrogen and oxygen atoms in total. The lowest BCUT2D eigenvalue weighted by molar-refractivity contribution is -0.116. The third-order valence-corrected chi connectivity index (χ3v) is 5.83. The molecular formula is C26H18BrFN4O3. The highest BCUT2D eigenvalue weighted by atomic mass is 79.9. The summed E-state index contributed by atoms with van der Waals surface area (Å²) in [6, 6.07) is 20.3. The van der Waals surface area contributed by atoms with Gasteiger partial charge in [-0.25, -0.2) is 9.82 Å². The predicted octanol–water partition coefficient (Wildman–Crippen LogP) is 5.69. The number of para-hydroxylation sites is 1. The number of amides is 2. The van der Waals surface area contributed by atoms with Gasteiger partial charge in [0.05, 0.1) is 6.21 Å². The Morgan fingerprint density at radius 1 is 1.06 bits per heavy atom. The van der Waals surface area contributed by atoms with Gasteiger partial charge in [-0.2, -0.15) is 5.10 Å². The molecular weight excluding hydrogens is 515 g/mol. The van der Waals surface area contributed by atoms with Gasteiger partial charge < -0.3 is 14.3 Å². The van der Waals surface area contributed by atoms with Crippen molar-refractivity contribution in [1.29, 1.82) is 0 Å². The standard InChI is InChI=1S/C26H18BrFN4O3/c27-18-5-10-23-16(11-18)12-24(35-23)26(34)31-29-13-17-14-32(22-4-2-1-3-21(17)22)15-25(33)30-20-8-6-19(28)7-9-20/h1-14H,15H2,(H,30,33)(H,31,34)/b29-13+. The Bertz CT molecular complexity index is 1590. The number of halogens is 2. The van der Waals surface area contributed by atoms with Crippen LogP contribution in [0.4, 0.5) is 10.1 Å². The lowest BCUT2D eigenvalue weighted by Crippen LogP contribution is -2.18. The van der Waals surface area contributed by atoms with Gasteiger partial charge in [0.25, 0.3) is 0 Å². The van der Waals surface area contributed by atoms with Crippen LogP contribution in [-0.4, -0.2) is 22.6 Å². The number of aromatic nitrogens is 1. The van der Waals surface area contributed by atoms with E-state index >= 15 is 0 Å². The first-order valence-corrected chi connectivity index (χ1v) is 11.4. The minimum absolute atomic E-state index is 0.0482. The van der Waals surface area contributed by atoms with Gasteiger partial charge in [-0.1, -0.05) is 34.1 Å². The molecule has 0 aliphatic heterocycles. The van der Waals surface area contributed by atoms with Crippen molar-refractivity contribution < 1.29 is 18.4 Å². The van der Waals surface area contributed by atoms with Gasteiger partial charge >= 0.3 is 5.91 Å². The number of carbonyl (C=O) groups excluding carboxylic acids is 2. The molecule has 5 rings (SSSR count). The molecule has 2 heterocycles. The first-order chi connectivity index (χ1) is 17.0. The molecule has 2 aromatic heterocycles. The third-order valence-electron chi connectivity index (χ3n) is 5.33. The number of rotatable bonds is 6. The van der Waals surface area contributed by atoms with Gasteiger partial charge in [0, 0.05) is 38.2 Å². The fourth-order valence-corrected chi connectivity index (χ4v) is 4.12. The van der Waals surface area contributed by atoms with E-state index in [1.54, 1.807) is 22.9 Å². The molecule has 0 unspecified atom stereocenters. The van der Waals surface area contributed by atoms with Crippen LogP contribution in [0.25, 0.3) is 21.9 Å². The van der Waals surface area contributed by atoms with E-state index < -0.39 is 5.91 Å². The zero-order valence-corrected chi connectivity index (χ0v) is 19.8. The van der Waals surface area contributed by atoms with Gasteiger partial charge in [0.2, 0.25) is 5.91 Å². The van der Waals surface area contributed by atoms with E-state index in [9.17, 15) is 14.0 Å². The highest BCUT2D eigenvalue weighted by molar-refractivity contribution is 9.10. The Morgan fingerprint density at radius 2 is 1.86 bits per heavy atom. The van der Waals surface area contributed by atoms with Crippen molar-refractivity contribution in [3.63, 3.8) is 0 Å². The maximum Gasteiger partial charge on any atom is 0.307 e. The van der Waals surface area contributed by atoms with Crippen LogP contribution >= 0.6 is 15.9 Å². The van der Waals surface area contributed by atoms with Crippen molar-refractivity contribution in [3.8, 4) is 0 Å².